The van der Waals surface area contributed by atoms with Gasteiger partial charge in [-0.15, -0.1) is 0 Å². The summed E-state index contributed by atoms with van der Waals surface area (Å²) >= 11 is 9.56. The lowest BCUT2D eigenvalue weighted by Crippen LogP contribution is -2.18. The van der Waals surface area contributed by atoms with Gasteiger partial charge in [-0.2, -0.15) is 0 Å². The number of carbonyl (C=O) groups is 2. The molecule has 1 saturated carbocycles. The SMILES string of the molecule is O=C(c1ccc(Cl)cc1)[C@@H]1[C@@H](C(=O)c2ccc(Br)cc2)[C@@]12c1ccccc1-c1nc3ccccc3nc12. The molecule has 0 unspecified atom stereocenters. The van der Waals surface area contributed by atoms with Crippen LogP contribution in [0.4, 0.5) is 0 Å². The minimum Gasteiger partial charge on any atom is -0.294 e. The molecule has 0 amide bonds. The maximum absolute atomic E-state index is 14.1. The molecule has 2 aliphatic carbocycles. The Labute approximate surface area is 226 Å². The van der Waals surface area contributed by atoms with Gasteiger partial charge in [0.1, 0.15) is 0 Å². The topological polar surface area (TPSA) is 59.9 Å². The van der Waals surface area contributed by atoms with E-state index in [4.69, 9.17) is 21.6 Å². The standard InChI is InChI=1S/C31H18BrClN2O2/c32-19-13-9-17(10-14-19)28(36)25-26(29(37)18-11-15-20(33)16-12-18)31(25)22-6-2-1-5-21(22)27-30(31)35-24-8-4-3-7-23(24)34-27/h1-16,25-26H/t25-,26-,31-/m0/s1. The van der Waals surface area contributed by atoms with Crippen molar-refractivity contribution < 1.29 is 9.59 Å². The minimum atomic E-state index is -0.885. The van der Waals surface area contributed by atoms with Gasteiger partial charge in [0.2, 0.25) is 0 Å². The lowest BCUT2D eigenvalue weighted by atomic mass is 9.89. The number of aromatic nitrogens is 2. The predicted octanol–water partition coefficient (Wildman–Crippen LogP) is 7.32. The van der Waals surface area contributed by atoms with Gasteiger partial charge in [0.25, 0.3) is 0 Å². The molecule has 4 nitrogen and oxygen atoms in total. The molecule has 7 rings (SSSR count). The van der Waals surface area contributed by atoms with E-state index in [0.29, 0.717) is 21.8 Å². The number of hydrogen-bond acceptors (Lipinski definition) is 4. The first-order valence-corrected chi connectivity index (χ1v) is 13.1. The van der Waals surface area contributed by atoms with Crippen molar-refractivity contribution in [2.45, 2.75) is 5.41 Å². The van der Waals surface area contributed by atoms with Crippen LogP contribution in [-0.4, -0.2) is 21.5 Å². The van der Waals surface area contributed by atoms with Gasteiger partial charge in [0, 0.05) is 38.0 Å². The molecule has 0 saturated heterocycles. The largest absolute Gasteiger partial charge is 0.294 e. The van der Waals surface area contributed by atoms with E-state index in [-0.39, 0.29) is 11.6 Å². The molecule has 37 heavy (non-hydrogen) atoms. The van der Waals surface area contributed by atoms with Crippen LogP contribution in [0.3, 0.4) is 0 Å². The summed E-state index contributed by atoms with van der Waals surface area (Å²) < 4.78 is 0.886. The molecule has 1 aromatic heterocycles. The molecule has 3 atom stereocenters. The first-order chi connectivity index (χ1) is 18.0. The molecule has 1 spiro atoms. The molecule has 0 radical (unpaired) electrons. The molecule has 0 aliphatic heterocycles. The Morgan fingerprint density at radius 2 is 1.24 bits per heavy atom. The number of carbonyl (C=O) groups excluding carboxylic acids is 2. The van der Waals surface area contributed by atoms with E-state index in [9.17, 15) is 9.59 Å². The average Bonchev–Trinajstić information content (AvgIpc) is 3.55. The number of fused-ring (bicyclic) bond motifs is 6. The molecule has 4 aromatic carbocycles. The second kappa shape index (κ2) is 8.17. The molecule has 0 N–H and O–H groups in total. The summed E-state index contributed by atoms with van der Waals surface area (Å²) in [5.41, 5.74) is 5.05. The van der Waals surface area contributed by atoms with Crippen LogP contribution in [0.1, 0.15) is 32.0 Å². The van der Waals surface area contributed by atoms with Crippen molar-refractivity contribution in [3.05, 3.63) is 129 Å². The van der Waals surface area contributed by atoms with Crippen molar-refractivity contribution in [2.75, 3.05) is 0 Å². The second-order valence-electron chi connectivity index (χ2n) is 9.52. The Balaban J connectivity index is 1.48. The van der Waals surface area contributed by atoms with E-state index in [2.05, 4.69) is 15.9 Å². The third kappa shape index (κ3) is 3.20. The van der Waals surface area contributed by atoms with Crippen molar-refractivity contribution in [3.63, 3.8) is 0 Å². The molecule has 1 fully saturated rings. The summed E-state index contributed by atoms with van der Waals surface area (Å²) in [6, 6.07) is 29.8. The fourth-order valence-electron chi connectivity index (χ4n) is 5.98. The van der Waals surface area contributed by atoms with Gasteiger partial charge in [-0.05, 0) is 54.1 Å². The zero-order valence-electron chi connectivity index (χ0n) is 19.4. The Kier molecular flexibility index (Phi) is 4.97. The monoisotopic (exact) mass is 564 g/mol. The summed E-state index contributed by atoms with van der Waals surface area (Å²) in [4.78, 5) is 38.3. The van der Waals surface area contributed by atoms with E-state index in [1.807, 2.05) is 60.7 Å². The fourth-order valence-corrected chi connectivity index (χ4v) is 6.37. The normalized spacial score (nSPS) is 21.0. The maximum Gasteiger partial charge on any atom is 0.168 e. The summed E-state index contributed by atoms with van der Waals surface area (Å²) in [5, 5.41) is 0.554. The van der Waals surface area contributed by atoms with E-state index in [0.717, 1.165) is 32.3 Å². The highest BCUT2D eigenvalue weighted by molar-refractivity contribution is 9.10. The van der Waals surface area contributed by atoms with Crippen LogP contribution in [0.2, 0.25) is 5.02 Å². The highest BCUT2D eigenvalue weighted by Gasteiger charge is 2.76. The van der Waals surface area contributed by atoms with Crippen molar-refractivity contribution in [1.29, 1.82) is 0 Å². The van der Waals surface area contributed by atoms with Gasteiger partial charge >= 0.3 is 0 Å². The summed E-state index contributed by atoms with van der Waals surface area (Å²) in [6.45, 7) is 0. The Hall–Kier alpha value is -3.67. The van der Waals surface area contributed by atoms with Crippen LogP contribution in [0.5, 0.6) is 0 Å². The summed E-state index contributed by atoms with van der Waals surface area (Å²) in [7, 11) is 0. The number of hydrogen-bond donors (Lipinski definition) is 0. The number of ketones is 2. The van der Waals surface area contributed by atoms with Crippen molar-refractivity contribution in [2.24, 2.45) is 11.8 Å². The molecular formula is C31H18BrClN2O2. The number of benzene rings is 4. The highest BCUT2D eigenvalue weighted by atomic mass is 79.9. The number of halogens is 2. The Morgan fingerprint density at radius 1 is 0.703 bits per heavy atom. The third-order valence-corrected chi connectivity index (χ3v) is 8.40. The van der Waals surface area contributed by atoms with Gasteiger partial charge in [-0.25, -0.2) is 9.97 Å². The van der Waals surface area contributed by atoms with Crippen molar-refractivity contribution in [1.82, 2.24) is 9.97 Å². The van der Waals surface area contributed by atoms with Crippen LogP contribution in [0, 0.1) is 11.8 Å². The number of rotatable bonds is 4. The second-order valence-corrected chi connectivity index (χ2v) is 10.9. The van der Waals surface area contributed by atoms with E-state index in [1.54, 1.807) is 36.4 Å². The van der Waals surface area contributed by atoms with Crippen molar-refractivity contribution in [3.8, 4) is 11.3 Å². The molecule has 5 aromatic rings. The quantitative estimate of drug-likeness (QED) is 0.214. The maximum atomic E-state index is 14.1. The van der Waals surface area contributed by atoms with Crippen LogP contribution in [-0.2, 0) is 5.41 Å². The summed E-state index contributed by atoms with van der Waals surface area (Å²) in [5.74, 6) is -1.38. The molecular weight excluding hydrogens is 548 g/mol. The lowest BCUT2D eigenvalue weighted by Gasteiger charge is -2.14. The average molecular weight is 566 g/mol. The van der Waals surface area contributed by atoms with Crippen molar-refractivity contribution >= 4 is 50.1 Å². The first kappa shape index (κ1) is 22.5. The van der Waals surface area contributed by atoms with Crippen LogP contribution in [0.25, 0.3) is 22.3 Å². The highest BCUT2D eigenvalue weighted by Crippen LogP contribution is 2.70. The molecule has 178 valence electrons. The van der Waals surface area contributed by atoms with Crippen LogP contribution < -0.4 is 0 Å². The van der Waals surface area contributed by atoms with Crippen LogP contribution in [0.15, 0.2) is 102 Å². The van der Waals surface area contributed by atoms with E-state index in [1.165, 1.54) is 0 Å². The van der Waals surface area contributed by atoms with Crippen LogP contribution >= 0.6 is 27.5 Å². The van der Waals surface area contributed by atoms with Gasteiger partial charge in [0.05, 0.1) is 27.8 Å². The van der Waals surface area contributed by atoms with Gasteiger partial charge in [-0.1, -0.05) is 76.1 Å². The number of Topliss-reactive ketones (excluding diaryl/α,β-unsaturated/α-hetero) is 2. The smallest absolute Gasteiger partial charge is 0.168 e. The lowest BCUT2D eigenvalue weighted by molar-refractivity contribution is 0.0906. The van der Waals surface area contributed by atoms with Gasteiger partial charge in [-0.3, -0.25) is 9.59 Å². The molecule has 1 heterocycles. The zero-order chi connectivity index (χ0) is 25.3. The van der Waals surface area contributed by atoms with Gasteiger partial charge in [0.15, 0.2) is 11.6 Å². The Morgan fingerprint density at radius 3 is 1.89 bits per heavy atom. The molecule has 2 aliphatic rings. The third-order valence-electron chi connectivity index (χ3n) is 7.62. The van der Waals surface area contributed by atoms with E-state index >= 15 is 0 Å². The predicted molar refractivity (Wildman–Crippen MR) is 147 cm³/mol. The summed E-state index contributed by atoms with van der Waals surface area (Å²) in [6.07, 6.45) is 0. The van der Waals surface area contributed by atoms with E-state index < -0.39 is 17.3 Å². The number of nitrogens with zero attached hydrogens (tertiary/aromatic N) is 2. The molecule has 6 heteroatoms. The Bertz CT molecular complexity index is 1680. The first-order valence-electron chi connectivity index (χ1n) is 12.0. The van der Waals surface area contributed by atoms with Gasteiger partial charge < -0.3 is 0 Å². The fraction of sp³-hybridized carbons (Fsp3) is 0.0968. The zero-order valence-corrected chi connectivity index (χ0v) is 21.7. The minimum absolute atomic E-state index is 0.0718. The number of para-hydroxylation sites is 2. The molecule has 0 bridgehead atoms.